The number of esters is 1. The Hall–Kier alpha value is -2.95. The monoisotopic (exact) mass is 512 g/mol. The Bertz CT molecular complexity index is 1290. The van der Waals surface area contributed by atoms with Crippen molar-refractivity contribution in [1.29, 1.82) is 0 Å². The van der Waals surface area contributed by atoms with E-state index in [-0.39, 0.29) is 11.7 Å². The topological polar surface area (TPSA) is 86.1 Å². The van der Waals surface area contributed by atoms with E-state index in [9.17, 15) is 9.59 Å². The summed E-state index contributed by atoms with van der Waals surface area (Å²) in [7, 11) is 3.23. The first-order valence-electron chi connectivity index (χ1n) is 10.7. The summed E-state index contributed by atoms with van der Waals surface area (Å²) >= 11 is 4.32. The van der Waals surface area contributed by atoms with E-state index >= 15 is 0 Å². The number of amides is 1. The lowest BCUT2D eigenvalue weighted by Gasteiger charge is -2.08. The number of anilines is 1. The van der Waals surface area contributed by atoms with Gasteiger partial charge in [0.2, 0.25) is 5.91 Å². The normalized spacial score (nSPS) is 10.9. The summed E-state index contributed by atoms with van der Waals surface area (Å²) in [5.74, 6) is 0.192. The maximum atomic E-state index is 12.7. The molecule has 10 heteroatoms. The van der Waals surface area contributed by atoms with Crippen molar-refractivity contribution in [3.63, 3.8) is 0 Å². The molecule has 176 valence electrons. The standard InChI is InChI=1S/C24H24N4O3S3/c1-4-8-17-11-16(12-32-17)21-26-27-24(28(21)2)34-14-19(29)25-22-20(23(30)31-3)18(13-33-22)15-9-6-5-7-10-15/h5-7,9-13H,4,8,14H2,1-3H3,(H,25,29). The number of methoxy groups -OCH3 is 1. The van der Waals surface area contributed by atoms with E-state index in [2.05, 4.69) is 33.9 Å². The minimum Gasteiger partial charge on any atom is -0.465 e. The number of benzene rings is 1. The summed E-state index contributed by atoms with van der Waals surface area (Å²) in [6.07, 6.45) is 2.15. The number of thioether (sulfide) groups is 1. The molecule has 0 fully saturated rings. The van der Waals surface area contributed by atoms with Gasteiger partial charge in [0.15, 0.2) is 11.0 Å². The van der Waals surface area contributed by atoms with Gasteiger partial charge in [-0.25, -0.2) is 4.79 Å². The fourth-order valence-corrected chi connectivity index (χ4v) is 6.10. The second-order valence-corrected chi connectivity index (χ2v) is 10.3. The maximum Gasteiger partial charge on any atom is 0.341 e. The smallest absolute Gasteiger partial charge is 0.341 e. The first-order valence-corrected chi connectivity index (χ1v) is 13.4. The van der Waals surface area contributed by atoms with Gasteiger partial charge in [-0.05, 0) is 18.1 Å². The average Bonchev–Trinajstić information content (AvgIpc) is 3.57. The first kappa shape index (κ1) is 24.2. The number of nitrogens with one attached hydrogen (secondary N) is 1. The van der Waals surface area contributed by atoms with Gasteiger partial charge in [-0.15, -0.1) is 32.9 Å². The molecule has 0 aliphatic carbocycles. The first-order chi connectivity index (χ1) is 16.5. The molecule has 1 amide bonds. The number of aromatic nitrogens is 3. The lowest BCUT2D eigenvalue weighted by atomic mass is 10.0. The lowest BCUT2D eigenvalue weighted by molar-refractivity contribution is -0.113. The highest BCUT2D eigenvalue weighted by molar-refractivity contribution is 7.99. The number of hydrogen-bond acceptors (Lipinski definition) is 8. The molecule has 7 nitrogen and oxygen atoms in total. The summed E-state index contributed by atoms with van der Waals surface area (Å²) in [5.41, 5.74) is 3.01. The molecule has 0 aliphatic rings. The molecule has 0 radical (unpaired) electrons. The van der Waals surface area contributed by atoms with Gasteiger partial charge in [0.1, 0.15) is 10.6 Å². The molecule has 1 aromatic carbocycles. The number of nitrogens with zero attached hydrogens (tertiary/aromatic N) is 3. The van der Waals surface area contributed by atoms with Crippen LogP contribution >= 0.6 is 34.4 Å². The average molecular weight is 513 g/mol. The fourth-order valence-electron chi connectivity index (χ4n) is 3.44. The highest BCUT2D eigenvalue weighted by Crippen LogP contribution is 2.36. The molecule has 0 saturated heterocycles. The summed E-state index contributed by atoms with van der Waals surface area (Å²) in [6.45, 7) is 2.16. The zero-order valence-corrected chi connectivity index (χ0v) is 21.5. The van der Waals surface area contributed by atoms with Gasteiger partial charge in [-0.1, -0.05) is 55.4 Å². The molecule has 0 spiro atoms. The molecule has 4 aromatic rings. The summed E-state index contributed by atoms with van der Waals surface area (Å²) in [6, 6.07) is 11.7. The van der Waals surface area contributed by atoms with Gasteiger partial charge in [-0.2, -0.15) is 0 Å². The Morgan fingerprint density at radius 3 is 2.65 bits per heavy atom. The third kappa shape index (κ3) is 5.24. The van der Waals surface area contributed by atoms with Crippen LogP contribution in [-0.4, -0.2) is 39.5 Å². The van der Waals surface area contributed by atoms with Crippen molar-refractivity contribution < 1.29 is 14.3 Å². The van der Waals surface area contributed by atoms with Crippen LogP contribution in [0.3, 0.4) is 0 Å². The van der Waals surface area contributed by atoms with Crippen LogP contribution in [0.25, 0.3) is 22.5 Å². The van der Waals surface area contributed by atoms with Crippen LogP contribution in [0.2, 0.25) is 0 Å². The minimum atomic E-state index is -0.487. The zero-order chi connectivity index (χ0) is 24.1. The molecular formula is C24H24N4O3S3. The van der Waals surface area contributed by atoms with Crippen molar-refractivity contribution >= 4 is 51.3 Å². The fraction of sp³-hybridized carbons (Fsp3) is 0.250. The zero-order valence-electron chi connectivity index (χ0n) is 19.0. The van der Waals surface area contributed by atoms with Gasteiger partial charge in [0.25, 0.3) is 0 Å². The number of thiophene rings is 2. The molecule has 1 N–H and O–H groups in total. The van der Waals surface area contributed by atoms with Crippen molar-refractivity contribution in [3.05, 3.63) is 57.6 Å². The van der Waals surface area contributed by atoms with E-state index in [0.717, 1.165) is 35.4 Å². The van der Waals surface area contributed by atoms with E-state index in [1.54, 1.807) is 11.3 Å². The number of hydrogen-bond donors (Lipinski definition) is 1. The third-order valence-electron chi connectivity index (χ3n) is 5.09. The van der Waals surface area contributed by atoms with Crippen molar-refractivity contribution in [2.75, 3.05) is 18.2 Å². The Morgan fingerprint density at radius 1 is 1.12 bits per heavy atom. The Kier molecular flexibility index (Phi) is 7.81. The quantitative estimate of drug-likeness (QED) is 0.227. The van der Waals surface area contributed by atoms with Gasteiger partial charge >= 0.3 is 5.97 Å². The van der Waals surface area contributed by atoms with Crippen LogP contribution in [-0.2, 0) is 23.0 Å². The Balaban J connectivity index is 1.45. The highest BCUT2D eigenvalue weighted by Gasteiger charge is 2.22. The number of rotatable bonds is 9. The SMILES string of the molecule is CCCc1cc(-c2nnc(SCC(=O)Nc3scc(-c4ccccc4)c3C(=O)OC)n2C)cs1. The van der Waals surface area contributed by atoms with Crippen LogP contribution in [0, 0.1) is 0 Å². The van der Waals surface area contributed by atoms with Gasteiger partial charge < -0.3 is 14.6 Å². The molecule has 0 unspecified atom stereocenters. The van der Waals surface area contributed by atoms with Crippen LogP contribution in [0.5, 0.6) is 0 Å². The van der Waals surface area contributed by atoms with Crippen molar-refractivity contribution in [1.82, 2.24) is 14.8 Å². The molecule has 0 atom stereocenters. The van der Waals surface area contributed by atoms with Crippen LogP contribution in [0.4, 0.5) is 5.00 Å². The molecule has 0 aliphatic heterocycles. The van der Waals surface area contributed by atoms with Gasteiger partial charge in [0.05, 0.1) is 12.9 Å². The highest BCUT2D eigenvalue weighted by atomic mass is 32.2. The second kappa shape index (κ2) is 11.0. The largest absolute Gasteiger partial charge is 0.465 e. The second-order valence-electron chi connectivity index (χ2n) is 7.46. The predicted octanol–water partition coefficient (Wildman–Crippen LogP) is 5.74. The van der Waals surface area contributed by atoms with E-state index in [1.807, 2.05) is 47.3 Å². The molecule has 4 rings (SSSR count). The molecule has 3 heterocycles. The Morgan fingerprint density at radius 2 is 1.91 bits per heavy atom. The van der Waals surface area contributed by atoms with Crippen molar-refractivity contribution in [2.24, 2.45) is 7.05 Å². The summed E-state index contributed by atoms with van der Waals surface area (Å²) in [4.78, 5) is 26.5. The summed E-state index contributed by atoms with van der Waals surface area (Å²) < 4.78 is 6.87. The van der Waals surface area contributed by atoms with E-state index in [1.165, 1.54) is 35.1 Å². The van der Waals surface area contributed by atoms with Crippen LogP contribution < -0.4 is 5.32 Å². The Labute approximate surface area is 210 Å². The number of carbonyl (C=O) groups is 2. The lowest BCUT2D eigenvalue weighted by Crippen LogP contribution is -2.16. The summed E-state index contributed by atoms with van der Waals surface area (Å²) in [5, 5.41) is 16.5. The van der Waals surface area contributed by atoms with E-state index < -0.39 is 5.97 Å². The molecular weight excluding hydrogens is 488 g/mol. The number of ether oxygens (including phenoxy) is 1. The van der Waals surface area contributed by atoms with Crippen LogP contribution in [0.1, 0.15) is 28.6 Å². The van der Waals surface area contributed by atoms with Crippen molar-refractivity contribution in [3.8, 4) is 22.5 Å². The van der Waals surface area contributed by atoms with E-state index in [0.29, 0.717) is 15.7 Å². The molecule has 3 aromatic heterocycles. The van der Waals surface area contributed by atoms with Crippen LogP contribution in [0.15, 0.2) is 52.3 Å². The maximum absolute atomic E-state index is 12.7. The molecule has 0 saturated carbocycles. The molecule has 0 bridgehead atoms. The minimum absolute atomic E-state index is 0.135. The van der Waals surface area contributed by atoms with Gasteiger partial charge in [0, 0.05) is 33.8 Å². The van der Waals surface area contributed by atoms with E-state index in [4.69, 9.17) is 4.74 Å². The predicted molar refractivity (Wildman–Crippen MR) is 139 cm³/mol. The number of carbonyl (C=O) groups excluding carboxylic acids is 2. The van der Waals surface area contributed by atoms with Crippen molar-refractivity contribution in [2.45, 2.75) is 24.9 Å². The third-order valence-corrected chi connectivity index (χ3v) is 8.01. The number of aryl methyl sites for hydroxylation is 1. The molecule has 34 heavy (non-hydrogen) atoms. The van der Waals surface area contributed by atoms with Gasteiger partial charge in [-0.3, -0.25) is 4.79 Å².